The summed E-state index contributed by atoms with van der Waals surface area (Å²) in [6.07, 6.45) is 2.17. The monoisotopic (exact) mass is 380 g/mol. The fourth-order valence-corrected chi connectivity index (χ4v) is 2.83. The zero-order valence-corrected chi connectivity index (χ0v) is 16.0. The number of anilines is 2. The summed E-state index contributed by atoms with van der Waals surface area (Å²) in [6, 6.07) is 14.8. The van der Waals surface area contributed by atoms with Crippen molar-refractivity contribution in [1.29, 1.82) is 0 Å². The lowest BCUT2D eigenvalue weighted by molar-refractivity contribution is -0.116. The van der Waals surface area contributed by atoms with E-state index in [1.165, 1.54) is 11.2 Å². The third-order valence-electron chi connectivity index (χ3n) is 4.33. The maximum Gasteiger partial charge on any atom is 0.322 e. The second-order valence-electron chi connectivity index (χ2n) is 6.99. The molecule has 2 N–H and O–H groups in total. The van der Waals surface area contributed by atoms with E-state index in [1.54, 1.807) is 6.07 Å². The van der Waals surface area contributed by atoms with E-state index in [0.29, 0.717) is 18.3 Å². The molecule has 0 spiro atoms. The van der Waals surface area contributed by atoms with Gasteiger partial charge in [-0.2, -0.15) is 0 Å². The van der Waals surface area contributed by atoms with Gasteiger partial charge in [0.1, 0.15) is 12.8 Å². The van der Waals surface area contributed by atoms with Crippen molar-refractivity contribution < 1.29 is 14.1 Å². The molecule has 0 saturated heterocycles. The molecular formula is C21H24N4O3. The van der Waals surface area contributed by atoms with Crippen LogP contribution in [0.15, 0.2) is 59.3 Å². The minimum Gasteiger partial charge on any atom is -0.363 e. The first-order chi connectivity index (χ1) is 13.5. The standard InChI is InChI=1S/C21H24N4O3/c1-15(2)10-12-25(14-20(26)23-19-11-13-28-24-19)21(27)22-18-9-5-7-16-6-3-4-8-17(16)18/h3-9,11,13,15H,10,12,14H2,1-2H3,(H,22,27)(H,23,24,26). The summed E-state index contributed by atoms with van der Waals surface area (Å²) in [7, 11) is 0. The lowest BCUT2D eigenvalue weighted by atomic mass is 10.1. The Morgan fingerprint density at radius 1 is 1.07 bits per heavy atom. The van der Waals surface area contributed by atoms with Gasteiger partial charge < -0.3 is 20.1 Å². The molecule has 0 aliphatic heterocycles. The number of benzene rings is 2. The molecule has 0 bridgehead atoms. The fourth-order valence-electron chi connectivity index (χ4n) is 2.83. The van der Waals surface area contributed by atoms with Crippen LogP contribution in [0.4, 0.5) is 16.3 Å². The van der Waals surface area contributed by atoms with Gasteiger partial charge in [0.05, 0.1) is 5.69 Å². The Balaban J connectivity index is 1.72. The van der Waals surface area contributed by atoms with Crippen LogP contribution in [0.3, 0.4) is 0 Å². The molecule has 0 aliphatic carbocycles. The van der Waals surface area contributed by atoms with Gasteiger partial charge in [-0.05, 0) is 23.8 Å². The van der Waals surface area contributed by atoms with E-state index in [2.05, 4.69) is 29.6 Å². The summed E-state index contributed by atoms with van der Waals surface area (Å²) in [5.41, 5.74) is 0.717. The summed E-state index contributed by atoms with van der Waals surface area (Å²) >= 11 is 0. The van der Waals surface area contributed by atoms with E-state index < -0.39 is 0 Å². The number of urea groups is 1. The molecule has 3 aromatic rings. The third-order valence-corrected chi connectivity index (χ3v) is 4.33. The Labute approximate surface area is 163 Å². The molecule has 1 aromatic heterocycles. The van der Waals surface area contributed by atoms with Gasteiger partial charge >= 0.3 is 6.03 Å². The topological polar surface area (TPSA) is 87.5 Å². The lowest BCUT2D eigenvalue weighted by Gasteiger charge is -2.23. The highest BCUT2D eigenvalue weighted by Gasteiger charge is 2.19. The Hall–Kier alpha value is -3.35. The first-order valence-corrected chi connectivity index (χ1v) is 9.27. The maximum absolute atomic E-state index is 12.9. The number of rotatable bonds is 7. The number of hydrogen-bond donors (Lipinski definition) is 2. The third kappa shape index (κ3) is 5.09. The maximum atomic E-state index is 12.9. The van der Waals surface area contributed by atoms with Gasteiger partial charge in [0.15, 0.2) is 5.82 Å². The molecule has 0 unspecified atom stereocenters. The highest BCUT2D eigenvalue weighted by atomic mass is 16.5. The molecule has 0 aliphatic rings. The van der Waals surface area contributed by atoms with Crippen LogP contribution < -0.4 is 10.6 Å². The molecule has 7 heteroatoms. The zero-order valence-electron chi connectivity index (χ0n) is 16.0. The lowest BCUT2D eigenvalue weighted by Crippen LogP contribution is -2.41. The van der Waals surface area contributed by atoms with Crippen molar-refractivity contribution in [1.82, 2.24) is 10.1 Å². The molecule has 0 atom stereocenters. The number of nitrogens with zero attached hydrogens (tertiary/aromatic N) is 2. The smallest absolute Gasteiger partial charge is 0.322 e. The minimum atomic E-state index is -0.328. The zero-order chi connectivity index (χ0) is 19.9. The van der Waals surface area contributed by atoms with Crippen LogP contribution in [0.5, 0.6) is 0 Å². The SMILES string of the molecule is CC(C)CCN(CC(=O)Nc1ccon1)C(=O)Nc1cccc2ccccc12. The van der Waals surface area contributed by atoms with Crippen molar-refractivity contribution >= 4 is 34.2 Å². The first-order valence-electron chi connectivity index (χ1n) is 9.27. The van der Waals surface area contributed by atoms with Crippen LogP contribution in [0.25, 0.3) is 10.8 Å². The highest BCUT2D eigenvalue weighted by Crippen LogP contribution is 2.23. The highest BCUT2D eigenvalue weighted by molar-refractivity contribution is 6.02. The van der Waals surface area contributed by atoms with Gasteiger partial charge in [-0.25, -0.2) is 4.79 Å². The molecule has 0 radical (unpaired) electrons. The normalized spacial score (nSPS) is 10.8. The summed E-state index contributed by atoms with van der Waals surface area (Å²) in [6.45, 7) is 4.56. The van der Waals surface area contributed by atoms with Crippen molar-refractivity contribution in [3.63, 3.8) is 0 Å². The fraction of sp³-hybridized carbons (Fsp3) is 0.286. The van der Waals surface area contributed by atoms with Gasteiger partial charge in [-0.3, -0.25) is 4.79 Å². The van der Waals surface area contributed by atoms with E-state index in [4.69, 9.17) is 4.52 Å². The van der Waals surface area contributed by atoms with Crippen LogP contribution in [0.2, 0.25) is 0 Å². The molecule has 3 rings (SSSR count). The molecular weight excluding hydrogens is 356 g/mol. The Morgan fingerprint density at radius 3 is 2.61 bits per heavy atom. The van der Waals surface area contributed by atoms with E-state index in [1.807, 2.05) is 42.5 Å². The predicted molar refractivity (Wildman–Crippen MR) is 109 cm³/mol. The van der Waals surface area contributed by atoms with Gasteiger partial charge in [0, 0.05) is 18.0 Å². The van der Waals surface area contributed by atoms with E-state index in [0.717, 1.165) is 22.9 Å². The summed E-state index contributed by atoms with van der Waals surface area (Å²) < 4.78 is 4.71. The molecule has 2 aromatic carbocycles. The van der Waals surface area contributed by atoms with Crippen molar-refractivity contribution in [2.24, 2.45) is 5.92 Å². The quantitative estimate of drug-likeness (QED) is 0.638. The average Bonchev–Trinajstić information content (AvgIpc) is 3.18. The molecule has 146 valence electrons. The first kappa shape index (κ1) is 19.4. The van der Waals surface area contributed by atoms with Crippen molar-refractivity contribution in [2.75, 3.05) is 23.7 Å². The van der Waals surface area contributed by atoms with Crippen molar-refractivity contribution in [3.05, 3.63) is 54.8 Å². The molecule has 7 nitrogen and oxygen atoms in total. The Bertz CT molecular complexity index is 932. The van der Waals surface area contributed by atoms with Crippen LogP contribution in [0, 0.1) is 5.92 Å². The summed E-state index contributed by atoms with van der Waals surface area (Å²) in [5.74, 6) is 0.403. The second kappa shape index (κ2) is 9.03. The van der Waals surface area contributed by atoms with Gasteiger partial charge in [-0.1, -0.05) is 55.4 Å². The predicted octanol–water partition coefficient (Wildman–Crippen LogP) is 4.35. The molecule has 1 heterocycles. The summed E-state index contributed by atoms with van der Waals surface area (Å²) in [5, 5.41) is 11.2. The molecule has 0 saturated carbocycles. The number of amides is 3. The Morgan fingerprint density at radius 2 is 1.86 bits per heavy atom. The van der Waals surface area contributed by atoms with Crippen LogP contribution >= 0.6 is 0 Å². The number of aromatic nitrogens is 1. The van der Waals surface area contributed by atoms with Crippen molar-refractivity contribution in [3.8, 4) is 0 Å². The molecule has 0 fully saturated rings. The minimum absolute atomic E-state index is 0.0732. The Kier molecular flexibility index (Phi) is 6.26. The molecule has 3 amide bonds. The van der Waals surface area contributed by atoms with E-state index in [-0.39, 0.29) is 18.5 Å². The van der Waals surface area contributed by atoms with Crippen molar-refractivity contribution in [2.45, 2.75) is 20.3 Å². The van der Waals surface area contributed by atoms with Gasteiger partial charge in [0.2, 0.25) is 5.91 Å². The number of carbonyl (C=O) groups is 2. The van der Waals surface area contributed by atoms with Gasteiger partial charge in [0.25, 0.3) is 0 Å². The van der Waals surface area contributed by atoms with Gasteiger partial charge in [-0.15, -0.1) is 0 Å². The van der Waals surface area contributed by atoms with E-state index in [9.17, 15) is 9.59 Å². The second-order valence-corrected chi connectivity index (χ2v) is 6.99. The average molecular weight is 380 g/mol. The number of nitrogens with one attached hydrogen (secondary N) is 2. The van der Waals surface area contributed by atoms with Crippen LogP contribution in [-0.2, 0) is 4.79 Å². The summed E-state index contributed by atoms with van der Waals surface area (Å²) in [4.78, 5) is 26.7. The van der Waals surface area contributed by atoms with Crippen LogP contribution in [0.1, 0.15) is 20.3 Å². The number of carbonyl (C=O) groups excluding carboxylic acids is 2. The number of fused-ring (bicyclic) bond motifs is 1. The molecule has 28 heavy (non-hydrogen) atoms. The van der Waals surface area contributed by atoms with E-state index >= 15 is 0 Å². The number of hydrogen-bond acceptors (Lipinski definition) is 4. The van der Waals surface area contributed by atoms with Crippen LogP contribution in [-0.4, -0.2) is 35.1 Å². The largest absolute Gasteiger partial charge is 0.363 e.